The van der Waals surface area contributed by atoms with Gasteiger partial charge in [0, 0.05) is 11.1 Å². The average molecular weight is 471 g/mol. The summed E-state index contributed by atoms with van der Waals surface area (Å²) >= 11 is 6.54. The maximum Gasteiger partial charge on any atom is 0.180 e. The maximum atomic E-state index is 9.17. The van der Waals surface area contributed by atoms with E-state index in [0.717, 1.165) is 16.5 Å². The highest BCUT2D eigenvalue weighted by atomic mass is 35.5. The lowest BCUT2D eigenvalue weighted by atomic mass is 10.1. The Morgan fingerprint density at radius 1 is 0.912 bits per heavy atom. The number of rotatable bonds is 9. The van der Waals surface area contributed by atoms with Gasteiger partial charge in [-0.25, -0.2) is 0 Å². The highest BCUT2D eigenvalue weighted by molar-refractivity contribution is 6.32. The molecule has 0 heterocycles. The molecule has 170 valence electrons. The van der Waals surface area contributed by atoms with Gasteiger partial charge in [0.15, 0.2) is 11.5 Å². The van der Waals surface area contributed by atoms with Crippen molar-refractivity contribution in [1.29, 1.82) is 5.26 Å². The molecule has 0 bridgehead atoms. The van der Waals surface area contributed by atoms with Gasteiger partial charge in [0.05, 0.1) is 29.5 Å². The molecule has 6 heteroatoms. The van der Waals surface area contributed by atoms with Gasteiger partial charge >= 0.3 is 0 Å². The minimum absolute atomic E-state index is 0.194. The largest absolute Gasteiger partial charge is 0.490 e. The van der Waals surface area contributed by atoms with E-state index >= 15 is 0 Å². The molecule has 0 saturated heterocycles. The lowest BCUT2D eigenvalue weighted by molar-refractivity contribution is 0.132. The Morgan fingerprint density at radius 2 is 1.71 bits per heavy atom. The van der Waals surface area contributed by atoms with E-state index in [2.05, 4.69) is 35.5 Å². The third-order valence-corrected chi connectivity index (χ3v) is 5.44. The van der Waals surface area contributed by atoms with Crippen LogP contribution in [0.1, 0.15) is 29.2 Å². The second-order valence-corrected chi connectivity index (χ2v) is 7.92. The highest BCUT2D eigenvalue weighted by Crippen LogP contribution is 2.37. The maximum absolute atomic E-state index is 9.17. The highest BCUT2D eigenvalue weighted by Gasteiger charge is 2.13. The third-order valence-electron chi connectivity index (χ3n) is 5.16. The number of hydrogen-bond donors (Lipinski definition) is 0. The summed E-state index contributed by atoms with van der Waals surface area (Å²) in [5.41, 5.74) is 3.08. The van der Waals surface area contributed by atoms with E-state index in [1.54, 1.807) is 24.4 Å². The Hall–Kier alpha value is -4.01. The van der Waals surface area contributed by atoms with E-state index in [1.807, 2.05) is 43.3 Å². The Labute approximate surface area is 203 Å². The van der Waals surface area contributed by atoms with Crippen molar-refractivity contribution >= 4 is 28.6 Å². The van der Waals surface area contributed by atoms with Crippen molar-refractivity contribution in [2.45, 2.75) is 20.1 Å². The molecular formula is C28H23ClN2O3. The second kappa shape index (κ2) is 11.2. The minimum Gasteiger partial charge on any atom is -0.490 e. The normalized spacial score (nSPS) is 10.9. The summed E-state index contributed by atoms with van der Waals surface area (Å²) < 4.78 is 11.8. The smallest absolute Gasteiger partial charge is 0.180 e. The van der Waals surface area contributed by atoms with Gasteiger partial charge in [0.2, 0.25) is 0 Å². The van der Waals surface area contributed by atoms with Gasteiger partial charge in [0.25, 0.3) is 0 Å². The molecule has 34 heavy (non-hydrogen) atoms. The molecule has 4 aromatic rings. The Kier molecular flexibility index (Phi) is 7.64. The van der Waals surface area contributed by atoms with E-state index in [4.69, 9.17) is 31.2 Å². The monoisotopic (exact) mass is 470 g/mol. The fourth-order valence-corrected chi connectivity index (χ4v) is 3.78. The van der Waals surface area contributed by atoms with Crippen LogP contribution >= 0.6 is 11.6 Å². The standard InChI is InChI=1S/C28H23ClN2O3/c1-2-32-27-15-21(17-31-34-19-25-10-6-5-9-24(25)16-30)14-26(29)28(27)33-18-20-11-12-22-7-3-4-8-23(22)13-20/h3-15,17H,2,18-19H2,1H3/b31-17-. The molecule has 4 aromatic carbocycles. The van der Waals surface area contributed by atoms with Crippen molar-refractivity contribution in [2.24, 2.45) is 5.16 Å². The van der Waals surface area contributed by atoms with Gasteiger partial charge in [-0.05, 0) is 47.5 Å². The van der Waals surface area contributed by atoms with E-state index in [0.29, 0.717) is 40.9 Å². The molecule has 0 saturated carbocycles. The number of nitrogens with zero attached hydrogens (tertiary/aromatic N) is 2. The molecular weight excluding hydrogens is 448 g/mol. The number of nitriles is 1. The lowest BCUT2D eigenvalue weighted by Crippen LogP contribution is -2.01. The predicted octanol–water partition coefficient (Wildman–Crippen LogP) is 6.89. The Bertz CT molecular complexity index is 1360. The number of oxime groups is 1. The average Bonchev–Trinajstić information content (AvgIpc) is 2.86. The fraction of sp³-hybridized carbons (Fsp3) is 0.143. The van der Waals surface area contributed by atoms with Gasteiger partial charge < -0.3 is 14.3 Å². The van der Waals surface area contributed by atoms with Gasteiger partial charge in [-0.3, -0.25) is 0 Å². The molecule has 0 aliphatic rings. The van der Waals surface area contributed by atoms with Gasteiger partial charge in [0.1, 0.15) is 13.2 Å². The summed E-state index contributed by atoms with van der Waals surface area (Å²) in [4.78, 5) is 5.38. The van der Waals surface area contributed by atoms with Gasteiger partial charge in [-0.2, -0.15) is 5.26 Å². The number of fused-ring (bicyclic) bond motifs is 1. The fourth-order valence-electron chi connectivity index (χ4n) is 3.51. The zero-order valence-corrected chi connectivity index (χ0v) is 19.5. The second-order valence-electron chi connectivity index (χ2n) is 7.51. The van der Waals surface area contributed by atoms with E-state index in [-0.39, 0.29) is 6.61 Å². The van der Waals surface area contributed by atoms with Crippen LogP contribution in [0.4, 0.5) is 0 Å². The van der Waals surface area contributed by atoms with E-state index in [9.17, 15) is 0 Å². The first-order chi connectivity index (χ1) is 16.7. The number of halogens is 1. The predicted molar refractivity (Wildman–Crippen MR) is 134 cm³/mol. The lowest BCUT2D eigenvalue weighted by Gasteiger charge is -2.14. The minimum atomic E-state index is 0.194. The SMILES string of the molecule is CCOc1cc(/C=N\OCc2ccccc2C#N)cc(Cl)c1OCc1ccc2ccccc2c1. The molecule has 0 aliphatic heterocycles. The summed E-state index contributed by atoms with van der Waals surface area (Å²) in [5, 5.41) is 15.9. The van der Waals surface area contributed by atoms with Crippen molar-refractivity contribution in [3.8, 4) is 17.6 Å². The molecule has 5 nitrogen and oxygen atoms in total. The van der Waals surface area contributed by atoms with Crippen molar-refractivity contribution in [3.05, 3.63) is 106 Å². The van der Waals surface area contributed by atoms with Crippen LogP contribution in [-0.4, -0.2) is 12.8 Å². The summed E-state index contributed by atoms with van der Waals surface area (Å²) in [6.07, 6.45) is 1.55. The Morgan fingerprint density at radius 3 is 2.53 bits per heavy atom. The van der Waals surface area contributed by atoms with Crippen LogP contribution < -0.4 is 9.47 Å². The molecule has 0 fully saturated rings. The number of hydrogen-bond acceptors (Lipinski definition) is 5. The first-order valence-corrected chi connectivity index (χ1v) is 11.3. The van der Waals surface area contributed by atoms with Crippen molar-refractivity contribution in [3.63, 3.8) is 0 Å². The molecule has 0 aromatic heterocycles. The van der Waals surface area contributed by atoms with Crippen LogP contribution in [0.3, 0.4) is 0 Å². The molecule has 0 atom stereocenters. The molecule has 0 spiro atoms. The third kappa shape index (κ3) is 5.67. The topological polar surface area (TPSA) is 63.8 Å². The number of benzene rings is 4. The zero-order valence-electron chi connectivity index (χ0n) is 18.7. The summed E-state index contributed by atoms with van der Waals surface area (Å²) in [7, 11) is 0. The van der Waals surface area contributed by atoms with Crippen LogP contribution in [-0.2, 0) is 18.1 Å². The molecule has 0 N–H and O–H groups in total. The van der Waals surface area contributed by atoms with Crippen LogP contribution in [0.2, 0.25) is 5.02 Å². The summed E-state index contributed by atoms with van der Waals surface area (Å²) in [6, 6.07) is 27.4. The summed E-state index contributed by atoms with van der Waals surface area (Å²) in [6.45, 7) is 2.92. The molecule has 0 unspecified atom stereocenters. The Balaban J connectivity index is 1.46. The first kappa shape index (κ1) is 23.2. The van der Waals surface area contributed by atoms with Crippen LogP contribution in [0.5, 0.6) is 11.5 Å². The molecule has 0 amide bonds. The van der Waals surface area contributed by atoms with Gasteiger partial charge in [-0.15, -0.1) is 0 Å². The van der Waals surface area contributed by atoms with Crippen molar-refractivity contribution in [2.75, 3.05) is 6.61 Å². The van der Waals surface area contributed by atoms with Crippen molar-refractivity contribution in [1.82, 2.24) is 0 Å². The van der Waals surface area contributed by atoms with Crippen LogP contribution in [0.15, 0.2) is 84.0 Å². The molecule has 0 aliphatic carbocycles. The number of ether oxygens (including phenoxy) is 2. The first-order valence-electron chi connectivity index (χ1n) is 10.9. The quantitative estimate of drug-likeness (QED) is 0.197. The molecule has 4 rings (SSSR count). The zero-order chi connectivity index (χ0) is 23.8. The van der Waals surface area contributed by atoms with Gasteiger partial charge in [-0.1, -0.05) is 71.4 Å². The van der Waals surface area contributed by atoms with E-state index in [1.165, 1.54) is 5.39 Å². The van der Waals surface area contributed by atoms with Crippen LogP contribution in [0.25, 0.3) is 10.8 Å². The van der Waals surface area contributed by atoms with Crippen molar-refractivity contribution < 1.29 is 14.3 Å². The molecule has 0 radical (unpaired) electrons. The summed E-state index contributed by atoms with van der Waals surface area (Å²) in [5.74, 6) is 1.02. The van der Waals surface area contributed by atoms with Crippen LogP contribution in [0, 0.1) is 11.3 Å². The van der Waals surface area contributed by atoms with E-state index < -0.39 is 0 Å².